The highest BCUT2D eigenvalue weighted by molar-refractivity contribution is 5.86. The van der Waals surface area contributed by atoms with E-state index in [1.165, 1.54) is 0 Å². The van der Waals surface area contributed by atoms with E-state index in [0.29, 0.717) is 6.42 Å². The highest BCUT2D eigenvalue weighted by Gasteiger charge is 2.51. The quantitative estimate of drug-likeness (QED) is 0.638. The monoisotopic (exact) mass is 281 g/mol. The fourth-order valence-electron chi connectivity index (χ4n) is 3.54. The summed E-state index contributed by atoms with van der Waals surface area (Å²) >= 11 is 0. The first-order valence-electron chi connectivity index (χ1n) is 7.27. The minimum absolute atomic E-state index is 0.0237. The van der Waals surface area contributed by atoms with Gasteiger partial charge in [0.1, 0.15) is 0 Å². The first-order valence-corrected chi connectivity index (χ1v) is 7.27. The number of rotatable bonds is 6. The molecular formula is C15H23NO4. The summed E-state index contributed by atoms with van der Waals surface area (Å²) in [5.41, 5.74) is -0.934. The number of carbonyl (C=O) groups is 2. The van der Waals surface area contributed by atoms with Gasteiger partial charge in [0.15, 0.2) is 0 Å². The SMILES string of the molecule is CCCC(C)(O)CNC(=O)[C@H]1C2C=CC(C2)[C@H]1C(=O)O. The Morgan fingerprint density at radius 3 is 2.45 bits per heavy atom. The summed E-state index contributed by atoms with van der Waals surface area (Å²) in [5, 5.41) is 22.1. The lowest BCUT2D eigenvalue weighted by molar-refractivity contribution is -0.148. The number of hydrogen-bond acceptors (Lipinski definition) is 3. The third-order valence-corrected chi connectivity index (χ3v) is 4.48. The average Bonchev–Trinajstić information content (AvgIpc) is 2.95. The van der Waals surface area contributed by atoms with E-state index in [1.54, 1.807) is 6.92 Å². The van der Waals surface area contributed by atoms with Crippen molar-refractivity contribution in [3.05, 3.63) is 12.2 Å². The van der Waals surface area contributed by atoms with Crippen LogP contribution in [-0.4, -0.2) is 34.2 Å². The van der Waals surface area contributed by atoms with Gasteiger partial charge in [-0.2, -0.15) is 0 Å². The number of amides is 1. The van der Waals surface area contributed by atoms with Crippen LogP contribution in [0.15, 0.2) is 12.2 Å². The third kappa shape index (κ3) is 2.87. The van der Waals surface area contributed by atoms with Crippen LogP contribution < -0.4 is 5.32 Å². The Kier molecular flexibility index (Phi) is 4.18. The van der Waals surface area contributed by atoms with Gasteiger partial charge in [0.2, 0.25) is 5.91 Å². The summed E-state index contributed by atoms with van der Waals surface area (Å²) in [6, 6.07) is 0. The van der Waals surface area contributed by atoms with Crippen LogP contribution in [0.4, 0.5) is 0 Å². The van der Waals surface area contributed by atoms with Crippen LogP contribution in [0.1, 0.15) is 33.1 Å². The summed E-state index contributed by atoms with van der Waals surface area (Å²) in [4.78, 5) is 23.6. The maximum absolute atomic E-state index is 12.3. The molecule has 0 aliphatic heterocycles. The molecule has 2 rings (SSSR count). The van der Waals surface area contributed by atoms with Crippen molar-refractivity contribution in [2.24, 2.45) is 23.7 Å². The van der Waals surface area contributed by atoms with E-state index >= 15 is 0 Å². The van der Waals surface area contributed by atoms with E-state index in [-0.39, 0.29) is 24.3 Å². The second-order valence-corrected chi connectivity index (χ2v) is 6.30. The van der Waals surface area contributed by atoms with Gasteiger partial charge in [0.25, 0.3) is 0 Å². The second-order valence-electron chi connectivity index (χ2n) is 6.30. The van der Waals surface area contributed by atoms with Crippen molar-refractivity contribution in [3.8, 4) is 0 Å². The normalized spacial score (nSPS) is 34.0. The lowest BCUT2D eigenvalue weighted by Gasteiger charge is -2.27. The zero-order chi connectivity index (χ0) is 14.9. The molecule has 0 heterocycles. The van der Waals surface area contributed by atoms with Gasteiger partial charge in [0, 0.05) is 6.54 Å². The van der Waals surface area contributed by atoms with Gasteiger partial charge >= 0.3 is 5.97 Å². The Bertz CT molecular complexity index is 430. The molecule has 0 aromatic heterocycles. The van der Waals surface area contributed by atoms with E-state index in [0.717, 1.165) is 12.8 Å². The first kappa shape index (κ1) is 15.0. The molecule has 2 aliphatic rings. The molecule has 0 aromatic rings. The highest BCUT2D eigenvalue weighted by Crippen LogP contribution is 2.48. The standard InChI is InChI=1S/C15H23NO4/c1-3-6-15(2,20)8-16-13(17)11-9-4-5-10(7-9)12(11)14(18)19/h4-5,9-12,20H,3,6-8H2,1-2H3,(H,16,17)(H,18,19)/t9?,10?,11-,12+,15?/m0/s1. The molecule has 0 spiro atoms. The number of carbonyl (C=O) groups excluding carboxylic acids is 1. The Hall–Kier alpha value is -1.36. The molecule has 1 fully saturated rings. The number of carboxylic acids is 1. The van der Waals surface area contributed by atoms with E-state index in [2.05, 4.69) is 5.32 Å². The zero-order valence-electron chi connectivity index (χ0n) is 12.0. The van der Waals surface area contributed by atoms with Crippen LogP contribution in [0.3, 0.4) is 0 Å². The van der Waals surface area contributed by atoms with Crippen LogP contribution >= 0.6 is 0 Å². The molecule has 112 valence electrons. The third-order valence-electron chi connectivity index (χ3n) is 4.48. The topological polar surface area (TPSA) is 86.6 Å². The van der Waals surface area contributed by atoms with E-state index < -0.39 is 23.4 Å². The maximum atomic E-state index is 12.3. The Labute approximate surface area is 119 Å². The molecule has 20 heavy (non-hydrogen) atoms. The van der Waals surface area contributed by atoms with Crippen molar-refractivity contribution in [1.29, 1.82) is 0 Å². The smallest absolute Gasteiger partial charge is 0.307 e. The number of aliphatic hydroxyl groups is 1. The molecule has 1 amide bonds. The van der Waals surface area contributed by atoms with Crippen molar-refractivity contribution >= 4 is 11.9 Å². The Morgan fingerprint density at radius 2 is 1.90 bits per heavy atom. The largest absolute Gasteiger partial charge is 0.481 e. The molecule has 3 unspecified atom stereocenters. The lowest BCUT2D eigenvalue weighted by atomic mass is 9.82. The molecule has 2 bridgehead atoms. The highest BCUT2D eigenvalue weighted by atomic mass is 16.4. The summed E-state index contributed by atoms with van der Waals surface area (Å²) in [6.45, 7) is 3.83. The number of allylic oxidation sites excluding steroid dienone is 2. The Morgan fingerprint density at radius 1 is 1.30 bits per heavy atom. The van der Waals surface area contributed by atoms with Crippen LogP contribution in [0.2, 0.25) is 0 Å². The molecule has 1 saturated carbocycles. The summed E-state index contributed by atoms with van der Waals surface area (Å²) < 4.78 is 0. The first-order chi connectivity index (χ1) is 9.35. The minimum atomic E-state index is -0.934. The molecule has 0 aromatic carbocycles. The molecule has 5 atom stereocenters. The molecule has 5 heteroatoms. The van der Waals surface area contributed by atoms with Gasteiger partial charge in [-0.3, -0.25) is 9.59 Å². The molecule has 5 nitrogen and oxygen atoms in total. The minimum Gasteiger partial charge on any atom is -0.481 e. The van der Waals surface area contributed by atoms with Crippen molar-refractivity contribution in [1.82, 2.24) is 5.32 Å². The van der Waals surface area contributed by atoms with Crippen molar-refractivity contribution < 1.29 is 19.8 Å². The van der Waals surface area contributed by atoms with Gasteiger partial charge in [-0.15, -0.1) is 0 Å². The number of hydrogen-bond donors (Lipinski definition) is 3. The second kappa shape index (κ2) is 5.56. The summed E-state index contributed by atoms with van der Waals surface area (Å²) in [5.74, 6) is -2.27. The van der Waals surface area contributed by atoms with Crippen LogP contribution in [-0.2, 0) is 9.59 Å². The molecular weight excluding hydrogens is 258 g/mol. The van der Waals surface area contributed by atoms with Gasteiger partial charge in [-0.25, -0.2) is 0 Å². The molecule has 0 radical (unpaired) electrons. The Balaban J connectivity index is 1.99. The summed E-state index contributed by atoms with van der Waals surface area (Å²) in [6.07, 6.45) is 6.06. The molecule has 3 N–H and O–H groups in total. The van der Waals surface area contributed by atoms with Crippen LogP contribution in [0.25, 0.3) is 0 Å². The number of nitrogens with one attached hydrogen (secondary N) is 1. The molecule has 0 saturated heterocycles. The van der Waals surface area contributed by atoms with E-state index in [1.807, 2.05) is 19.1 Å². The van der Waals surface area contributed by atoms with Gasteiger partial charge in [-0.05, 0) is 31.6 Å². The van der Waals surface area contributed by atoms with Crippen molar-refractivity contribution in [2.45, 2.75) is 38.7 Å². The average molecular weight is 281 g/mol. The maximum Gasteiger partial charge on any atom is 0.307 e. The van der Waals surface area contributed by atoms with Crippen LogP contribution in [0, 0.1) is 23.7 Å². The molecule has 2 aliphatic carbocycles. The predicted molar refractivity (Wildman–Crippen MR) is 73.9 cm³/mol. The zero-order valence-corrected chi connectivity index (χ0v) is 12.0. The van der Waals surface area contributed by atoms with Crippen molar-refractivity contribution in [2.75, 3.05) is 6.54 Å². The number of carboxylic acid groups (broad SMARTS) is 1. The van der Waals surface area contributed by atoms with E-state index in [4.69, 9.17) is 0 Å². The van der Waals surface area contributed by atoms with Gasteiger partial charge in [0.05, 0.1) is 17.4 Å². The van der Waals surface area contributed by atoms with Gasteiger partial charge < -0.3 is 15.5 Å². The van der Waals surface area contributed by atoms with E-state index in [9.17, 15) is 19.8 Å². The lowest BCUT2D eigenvalue weighted by Crippen LogP contribution is -2.46. The van der Waals surface area contributed by atoms with Gasteiger partial charge in [-0.1, -0.05) is 25.5 Å². The fourth-order valence-corrected chi connectivity index (χ4v) is 3.54. The fraction of sp³-hybridized carbons (Fsp3) is 0.733. The predicted octanol–water partition coefficient (Wildman–Crippen LogP) is 1.18. The van der Waals surface area contributed by atoms with Crippen molar-refractivity contribution in [3.63, 3.8) is 0 Å². The van der Waals surface area contributed by atoms with Crippen LogP contribution in [0.5, 0.6) is 0 Å². The number of fused-ring (bicyclic) bond motifs is 2. The number of aliphatic carboxylic acids is 1. The summed E-state index contributed by atoms with van der Waals surface area (Å²) in [7, 11) is 0.